The van der Waals surface area contributed by atoms with Gasteiger partial charge in [-0.15, -0.1) is 0 Å². The maximum absolute atomic E-state index is 6.14. The van der Waals surface area contributed by atoms with E-state index in [0.29, 0.717) is 5.92 Å². The summed E-state index contributed by atoms with van der Waals surface area (Å²) >= 11 is 0. The molecule has 3 heteroatoms. The maximum atomic E-state index is 6.14. The summed E-state index contributed by atoms with van der Waals surface area (Å²) < 4.78 is 14.7. The van der Waals surface area contributed by atoms with Crippen molar-refractivity contribution in [2.45, 2.75) is 92.3 Å². The van der Waals surface area contributed by atoms with Gasteiger partial charge in [-0.25, -0.2) is 0 Å². The van der Waals surface area contributed by atoms with Crippen molar-refractivity contribution >= 4 is 10.9 Å². The van der Waals surface area contributed by atoms with Crippen LogP contribution < -0.4 is 0 Å². The minimum atomic E-state index is -0.453. The third kappa shape index (κ3) is 3.37. The molecule has 0 spiro atoms. The number of benzene rings is 1. The van der Waals surface area contributed by atoms with Gasteiger partial charge in [0.15, 0.2) is 5.79 Å². The van der Waals surface area contributed by atoms with Gasteiger partial charge in [-0.1, -0.05) is 53.3 Å². The van der Waals surface area contributed by atoms with Crippen molar-refractivity contribution in [3.8, 4) is 0 Å². The molecule has 4 rings (SSSR count). The highest BCUT2D eigenvalue weighted by atomic mass is 16.8. The van der Waals surface area contributed by atoms with Gasteiger partial charge in [-0.2, -0.15) is 0 Å². The molecule has 0 saturated carbocycles. The van der Waals surface area contributed by atoms with Crippen LogP contribution >= 0.6 is 0 Å². The molecule has 25 heavy (non-hydrogen) atoms. The Bertz CT molecular complexity index is 716. The summed E-state index contributed by atoms with van der Waals surface area (Å²) in [5.74, 6) is 0.124. The summed E-state index contributed by atoms with van der Waals surface area (Å²) in [6.45, 7) is 13.6. The van der Waals surface area contributed by atoms with Gasteiger partial charge in [0, 0.05) is 23.0 Å². The van der Waals surface area contributed by atoms with Gasteiger partial charge in [0.2, 0.25) is 0 Å². The monoisotopic (exact) mass is 345 g/mol. The van der Waals surface area contributed by atoms with E-state index < -0.39 is 5.79 Å². The molecular weight excluding hydrogens is 310 g/mol. The van der Waals surface area contributed by atoms with Gasteiger partial charge in [0.05, 0.1) is 12.6 Å². The Kier molecular flexibility index (Phi) is 6.01. The van der Waals surface area contributed by atoms with E-state index in [1.807, 2.05) is 27.7 Å². The van der Waals surface area contributed by atoms with E-state index in [1.54, 1.807) is 0 Å². The molecule has 1 saturated heterocycles. The van der Waals surface area contributed by atoms with Crippen molar-refractivity contribution in [1.82, 2.24) is 4.57 Å². The highest BCUT2D eigenvalue weighted by Crippen LogP contribution is 2.41. The largest absolute Gasteiger partial charge is 0.344 e. The summed E-state index contributed by atoms with van der Waals surface area (Å²) in [7, 11) is 0. The van der Waals surface area contributed by atoms with E-state index >= 15 is 0 Å². The van der Waals surface area contributed by atoms with Crippen LogP contribution in [0, 0.1) is 0 Å². The Balaban J connectivity index is 0.000000726. The molecule has 2 aliphatic rings. The molecule has 2 aromatic rings. The zero-order chi connectivity index (χ0) is 17.5. The summed E-state index contributed by atoms with van der Waals surface area (Å²) in [4.78, 5) is 0. The predicted molar refractivity (Wildman–Crippen MR) is 106 cm³/mol. The lowest BCUT2D eigenvalue weighted by Crippen LogP contribution is -2.35. The lowest BCUT2D eigenvalue weighted by molar-refractivity contribution is -0.145. The molecule has 0 radical (unpaired) electrons. The van der Waals surface area contributed by atoms with E-state index in [-0.39, 0.29) is 19.6 Å². The number of aromatic nitrogens is 1. The molecule has 140 valence electrons. The quantitative estimate of drug-likeness (QED) is 0.677. The second-order valence-corrected chi connectivity index (χ2v) is 7.21. The minimum Gasteiger partial charge on any atom is -0.344 e. The van der Waals surface area contributed by atoms with Crippen LogP contribution in [0.25, 0.3) is 10.9 Å². The van der Waals surface area contributed by atoms with E-state index in [9.17, 15) is 0 Å². The van der Waals surface area contributed by atoms with Crippen LogP contribution in [-0.4, -0.2) is 22.6 Å². The average molecular weight is 346 g/mol. The Morgan fingerprint density at radius 2 is 1.80 bits per heavy atom. The highest BCUT2D eigenvalue weighted by molar-refractivity contribution is 5.86. The molecule has 0 bridgehead atoms. The Labute approximate surface area is 153 Å². The Morgan fingerprint density at radius 3 is 2.48 bits per heavy atom. The zero-order valence-electron chi connectivity index (χ0n) is 15.9. The second-order valence-electron chi connectivity index (χ2n) is 7.21. The zero-order valence-corrected chi connectivity index (χ0v) is 15.9. The molecule has 2 aliphatic heterocycles. The van der Waals surface area contributed by atoms with Crippen LogP contribution in [-0.2, 0) is 22.4 Å². The van der Waals surface area contributed by atoms with Gasteiger partial charge in [0.25, 0.3) is 0 Å². The van der Waals surface area contributed by atoms with Gasteiger partial charge >= 0.3 is 0 Å². The number of hydrogen-bond acceptors (Lipinski definition) is 2. The highest BCUT2D eigenvalue weighted by Gasteiger charge is 2.45. The molecular formula is C22H35NO2. The molecule has 0 N–H and O–H groups in total. The van der Waals surface area contributed by atoms with Gasteiger partial charge < -0.3 is 14.0 Å². The number of fused-ring (bicyclic) bond motifs is 4. The molecule has 0 amide bonds. The van der Waals surface area contributed by atoms with Crippen molar-refractivity contribution in [2.24, 2.45) is 0 Å². The van der Waals surface area contributed by atoms with Crippen LogP contribution in [0.3, 0.4) is 0 Å². The van der Waals surface area contributed by atoms with Gasteiger partial charge in [0.1, 0.15) is 6.10 Å². The summed E-state index contributed by atoms with van der Waals surface area (Å²) in [5, 5.41) is 1.41. The molecule has 3 atom stereocenters. The first-order valence-corrected chi connectivity index (χ1v) is 9.46. The summed E-state index contributed by atoms with van der Waals surface area (Å²) in [6, 6.07) is 8.80. The lowest BCUT2D eigenvalue weighted by atomic mass is 9.92. The van der Waals surface area contributed by atoms with Crippen molar-refractivity contribution in [3.05, 3.63) is 35.5 Å². The van der Waals surface area contributed by atoms with E-state index in [0.717, 1.165) is 19.4 Å². The van der Waals surface area contributed by atoms with Crippen LogP contribution in [0.1, 0.15) is 72.6 Å². The van der Waals surface area contributed by atoms with Gasteiger partial charge in [-0.3, -0.25) is 0 Å². The molecule has 3 heterocycles. The van der Waals surface area contributed by atoms with Crippen LogP contribution in [0.4, 0.5) is 0 Å². The number of rotatable bonds is 2. The third-order valence-corrected chi connectivity index (χ3v) is 5.27. The average Bonchev–Trinajstić information content (AvgIpc) is 3.05. The fourth-order valence-electron chi connectivity index (χ4n) is 4.17. The van der Waals surface area contributed by atoms with E-state index in [2.05, 4.69) is 42.7 Å². The Morgan fingerprint density at radius 1 is 1.16 bits per heavy atom. The predicted octanol–water partition coefficient (Wildman–Crippen LogP) is 5.89. The van der Waals surface area contributed by atoms with E-state index in [4.69, 9.17) is 9.47 Å². The standard InChI is InChI=1S/C19H25NO2.C2H6.CH4/c1-5-12(2)18-13-8-6-7-9-14(13)20-11-17-16(10-15(18)20)21-19(3,4)22-17;1-2;/h6-9,12,16-17H,5,10-11H2,1-4H3;1-2H3;1H4/t12?,16?,17-;;/m0../s1. The third-order valence-electron chi connectivity index (χ3n) is 5.27. The molecule has 1 aromatic heterocycles. The summed E-state index contributed by atoms with van der Waals surface area (Å²) in [6.07, 6.45) is 2.48. The van der Waals surface area contributed by atoms with Crippen LogP contribution in [0.5, 0.6) is 0 Å². The number of ether oxygens (including phenoxy) is 2. The van der Waals surface area contributed by atoms with Crippen molar-refractivity contribution in [3.63, 3.8) is 0 Å². The first-order valence-electron chi connectivity index (χ1n) is 9.46. The van der Waals surface area contributed by atoms with Crippen molar-refractivity contribution in [2.75, 3.05) is 0 Å². The maximum Gasteiger partial charge on any atom is 0.163 e. The SMILES string of the molecule is C.CC.CCC(C)c1c2n(c3ccccc13)C[C@@H]1OC(C)(C)OC1C2. The molecule has 1 aromatic carbocycles. The topological polar surface area (TPSA) is 23.4 Å². The lowest BCUT2D eigenvalue weighted by Gasteiger charge is -2.27. The number of nitrogens with zero attached hydrogens (tertiary/aromatic N) is 1. The fraction of sp³-hybridized carbons (Fsp3) is 0.636. The Hall–Kier alpha value is -1.32. The molecule has 1 fully saturated rings. The van der Waals surface area contributed by atoms with Crippen LogP contribution in [0.15, 0.2) is 24.3 Å². The normalized spacial score (nSPS) is 24.6. The summed E-state index contributed by atoms with van der Waals surface area (Å²) in [5.41, 5.74) is 4.32. The van der Waals surface area contributed by atoms with Gasteiger partial charge in [-0.05, 0) is 37.8 Å². The van der Waals surface area contributed by atoms with E-state index in [1.165, 1.54) is 22.2 Å². The van der Waals surface area contributed by atoms with Crippen molar-refractivity contribution in [1.29, 1.82) is 0 Å². The molecule has 0 aliphatic carbocycles. The van der Waals surface area contributed by atoms with Crippen LogP contribution in [0.2, 0.25) is 0 Å². The molecule has 2 unspecified atom stereocenters. The minimum absolute atomic E-state index is 0. The fourth-order valence-corrected chi connectivity index (χ4v) is 4.17. The first-order chi connectivity index (χ1) is 11.5. The number of hydrogen-bond donors (Lipinski definition) is 0. The smallest absolute Gasteiger partial charge is 0.163 e. The first kappa shape index (κ1) is 20.0. The number of para-hydroxylation sites is 1. The van der Waals surface area contributed by atoms with Crippen molar-refractivity contribution < 1.29 is 9.47 Å². The second kappa shape index (κ2) is 7.51. The molecule has 3 nitrogen and oxygen atoms in total.